The number of likely N-dealkylation sites (tertiary alicyclic amines) is 1. The Morgan fingerprint density at radius 3 is 2.19 bits per heavy atom. The van der Waals surface area contributed by atoms with Gasteiger partial charge in [0.2, 0.25) is 12.8 Å². The van der Waals surface area contributed by atoms with Gasteiger partial charge in [0.25, 0.3) is 0 Å². The molecule has 1 aromatic rings. The molecule has 36 heavy (non-hydrogen) atoms. The number of fused-ring (bicyclic) bond motifs is 2. The molecule has 1 atom stereocenters. The number of piperidine rings is 2. The Kier molecular flexibility index (Phi) is 12.0. The van der Waals surface area contributed by atoms with Crippen molar-refractivity contribution in [1.29, 1.82) is 0 Å². The number of urea groups is 1. The Morgan fingerprint density at radius 2 is 1.64 bits per heavy atom. The minimum absolute atomic E-state index is 0.0310. The third kappa shape index (κ3) is 10.1. The first-order valence-corrected chi connectivity index (χ1v) is 12.4. The van der Waals surface area contributed by atoms with Crippen molar-refractivity contribution >= 4 is 24.9 Å². The zero-order valence-electron chi connectivity index (χ0n) is 21.5. The second-order valence-electron chi connectivity index (χ2n) is 9.66. The molecule has 3 fully saturated rings. The molecule has 200 valence electrons. The van der Waals surface area contributed by atoms with Gasteiger partial charge in [-0.2, -0.15) is 5.06 Å². The first-order valence-electron chi connectivity index (χ1n) is 12.4. The highest BCUT2D eigenvalue weighted by Gasteiger charge is 2.40. The number of benzene rings is 1. The number of hydrogen-bond donors (Lipinski definition) is 2. The van der Waals surface area contributed by atoms with E-state index in [2.05, 4.69) is 0 Å². The lowest BCUT2D eigenvalue weighted by Crippen LogP contribution is -2.39. The Morgan fingerprint density at radius 1 is 1.00 bits per heavy atom. The summed E-state index contributed by atoms with van der Waals surface area (Å²) < 4.78 is 5.26. The number of carbonyl (C=O) groups excluding carboxylic acids is 4. The Balaban J connectivity index is 0.000000214. The normalized spacial score (nSPS) is 18.7. The number of hydrogen-bond acceptors (Lipinski definition) is 6. The smallest absolute Gasteiger partial charge is 0.410 e. The molecule has 4 rings (SSSR count). The van der Waals surface area contributed by atoms with E-state index in [0.717, 1.165) is 57.4 Å². The van der Waals surface area contributed by atoms with E-state index in [9.17, 15) is 19.2 Å². The van der Waals surface area contributed by atoms with Gasteiger partial charge in [0.1, 0.15) is 12.2 Å². The van der Waals surface area contributed by atoms with Crippen molar-refractivity contribution in [2.75, 3.05) is 26.2 Å². The molecule has 5 amide bonds. The standard InChI is InChI=1S/C13H16N2O2.C10H19NO2.C2H4N2O2/c16-13-14-8-4-7-12(9-14)15(13)17-10-11-5-2-1-3-6-11;1-10(2,3)13-9(12)11-7-5-4-6-8-11;5-1-3-4-2-6/h1-3,5-6,12H,4,7-10H2;4-8H2,1-3H3;1-2H,(H,3,5)(H,4,6). The van der Waals surface area contributed by atoms with E-state index in [4.69, 9.17) is 9.57 Å². The number of hydrazine groups is 1. The highest BCUT2D eigenvalue weighted by molar-refractivity contribution is 5.76. The van der Waals surface area contributed by atoms with Crippen LogP contribution in [0.2, 0.25) is 0 Å². The van der Waals surface area contributed by atoms with Crippen LogP contribution in [0.4, 0.5) is 9.59 Å². The lowest BCUT2D eigenvalue weighted by atomic mass is 10.1. The summed E-state index contributed by atoms with van der Waals surface area (Å²) in [5, 5.41) is 1.57. The molecular formula is C25H39N5O6. The van der Waals surface area contributed by atoms with Crippen LogP contribution in [0.25, 0.3) is 0 Å². The van der Waals surface area contributed by atoms with Crippen molar-refractivity contribution in [1.82, 2.24) is 25.7 Å². The third-order valence-electron chi connectivity index (χ3n) is 5.61. The molecule has 3 heterocycles. The minimum Gasteiger partial charge on any atom is -0.444 e. The lowest BCUT2D eigenvalue weighted by molar-refractivity contribution is -0.140. The summed E-state index contributed by atoms with van der Waals surface area (Å²) in [5.74, 6) is 0. The third-order valence-corrected chi connectivity index (χ3v) is 5.61. The highest BCUT2D eigenvalue weighted by Crippen LogP contribution is 2.26. The van der Waals surface area contributed by atoms with Gasteiger partial charge in [-0.15, -0.1) is 0 Å². The van der Waals surface area contributed by atoms with Gasteiger partial charge in [0, 0.05) is 26.2 Å². The molecule has 11 heteroatoms. The van der Waals surface area contributed by atoms with Crippen molar-refractivity contribution in [3.8, 4) is 0 Å². The first kappa shape index (κ1) is 28.9. The second kappa shape index (κ2) is 14.9. The Hall–Kier alpha value is -3.34. The van der Waals surface area contributed by atoms with E-state index in [0.29, 0.717) is 19.4 Å². The molecular weight excluding hydrogens is 466 g/mol. The Labute approximate surface area is 213 Å². The number of carbonyl (C=O) groups is 4. The summed E-state index contributed by atoms with van der Waals surface area (Å²) in [5.41, 5.74) is 4.53. The number of nitrogens with zero attached hydrogens (tertiary/aromatic N) is 3. The molecule has 0 saturated carbocycles. The molecule has 2 N–H and O–H groups in total. The van der Waals surface area contributed by atoms with Gasteiger partial charge in [-0.05, 0) is 58.4 Å². The number of hydroxylamine groups is 2. The van der Waals surface area contributed by atoms with Gasteiger partial charge < -0.3 is 14.5 Å². The SMILES string of the molecule is CC(C)(C)OC(=O)N1CCCCC1.O=C1N2CCCC(C2)N1OCc1ccccc1.O=CNNC=O. The van der Waals surface area contributed by atoms with Gasteiger partial charge in [0.15, 0.2) is 0 Å². The average Bonchev–Trinajstić information content (AvgIpc) is 3.09. The lowest BCUT2D eigenvalue weighted by Gasteiger charge is -2.29. The molecule has 1 aromatic carbocycles. The molecule has 0 spiro atoms. The number of nitrogens with one attached hydrogen (secondary N) is 2. The minimum atomic E-state index is -0.367. The summed E-state index contributed by atoms with van der Waals surface area (Å²) in [6.07, 6.45) is 6.17. The van der Waals surface area contributed by atoms with Gasteiger partial charge in [0.05, 0.1) is 6.04 Å². The predicted octanol–water partition coefficient (Wildman–Crippen LogP) is 2.82. The predicted molar refractivity (Wildman–Crippen MR) is 133 cm³/mol. The molecule has 1 unspecified atom stereocenters. The van der Waals surface area contributed by atoms with Crippen molar-refractivity contribution in [2.24, 2.45) is 0 Å². The van der Waals surface area contributed by atoms with Crippen LogP contribution in [-0.4, -0.2) is 77.6 Å². The van der Waals surface area contributed by atoms with Crippen molar-refractivity contribution < 1.29 is 28.8 Å². The molecule has 3 saturated heterocycles. The quantitative estimate of drug-likeness (QED) is 0.348. The van der Waals surface area contributed by atoms with Crippen LogP contribution in [-0.2, 0) is 25.8 Å². The highest BCUT2D eigenvalue weighted by atomic mass is 16.7. The van der Waals surface area contributed by atoms with Crippen LogP contribution in [0.15, 0.2) is 30.3 Å². The maximum absolute atomic E-state index is 11.9. The van der Waals surface area contributed by atoms with Gasteiger partial charge >= 0.3 is 12.1 Å². The van der Waals surface area contributed by atoms with E-state index in [1.54, 1.807) is 9.96 Å². The van der Waals surface area contributed by atoms with Crippen LogP contribution in [0.5, 0.6) is 0 Å². The fourth-order valence-corrected chi connectivity index (χ4v) is 3.97. The Bertz CT molecular complexity index is 818. The van der Waals surface area contributed by atoms with E-state index in [1.807, 2.05) is 66.9 Å². The molecule has 3 aliphatic rings. The van der Waals surface area contributed by atoms with Crippen molar-refractivity contribution in [3.05, 3.63) is 35.9 Å². The molecule has 0 radical (unpaired) electrons. The first-order chi connectivity index (χ1) is 17.2. The maximum Gasteiger partial charge on any atom is 0.410 e. The fourth-order valence-electron chi connectivity index (χ4n) is 3.97. The second-order valence-corrected chi connectivity index (χ2v) is 9.66. The van der Waals surface area contributed by atoms with Crippen LogP contribution in [0, 0.1) is 0 Å². The average molecular weight is 506 g/mol. The topological polar surface area (TPSA) is 121 Å². The van der Waals surface area contributed by atoms with Crippen LogP contribution in [0.1, 0.15) is 58.4 Å². The summed E-state index contributed by atoms with van der Waals surface area (Å²) in [7, 11) is 0. The van der Waals surface area contributed by atoms with Crippen LogP contribution >= 0.6 is 0 Å². The molecule has 0 aliphatic carbocycles. The maximum atomic E-state index is 11.9. The van der Waals surface area contributed by atoms with Crippen molar-refractivity contribution in [2.45, 2.75) is 71.1 Å². The fraction of sp³-hybridized carbons (Fsp3) is 0.600. The largest absolute Gasteiger partial charge is 0.444 e. The van der Waals surface area contributed by atoms with Gasteiger partial charge in [-0.1, -0.05) is 30.3 Å². The number of rotatable bonds is 6. The zero-order valence-corrected chi connectivity index (χ0v) is 21.5. The number of ether oxygens (including phenoxy) is 1. The van der Waals surface area contributed by atoms with Crippen molar-refractivity contribution in [3.63, 3.8) is 0 Å². The summed E-state index contributed by atoms with van der Waals surface area (Å²) in [6.45, 7) is 9.58. The molecule has 3 aliphatic heterocycles. The summed E-state index contributed by atoms with van der Waals surface area (Å²) in [4.78, 5) is 51.2. The summed E-state index contributed by atoms with van der Waals surface area (Å²) >= 11 is 0. The van der Waals surface area contributed by atoms with Crippen LogP contribution < -0.4 is 10.9 Å². The molecule has 0 aromatic heterocycles. The monoisotopic (exact) mass is 505 g/mol. The number of amides is 5. The van der Waals surface area contributed by atoms with E-state index in [1.165, 1.54) is 6.42 Å². The van der Waals surface area contributed by atoms with E-state index in [-0.39, 0.29) is 23.8 Å². The summed E-state index contributed by atoms with van der Waals surface area (Å²) in [6, 6.07) is 10.2. The zero-order chi connectivity index (χ0) is 26.4. The molecule has 2 bridgehead atoms. The van der Waals surface area contributed by atoms with Crippen LogP contribution in [0.3, 0.4) is 0 Å². The van der Waals surface area contributed by atoms with Gasteiger partial charge in [-0.25, -0.2) is 9.59 Å². The van der Waals surface area contributed by atoms with E-state index < -0.39 is 0 Å². The van der Waals surface area contributed by atoms with Gasteiger partial charge in [-0.3, -0.25) is 25.3 Å². The molecule has 11 nitrogen and oxygen atoms in total. The van der Waals surface area contributed by atoms with E-state index >= 15 is 0 Å².